The average Bonchev–Trinajstić information content (AvgIpc) is 2.32. The second-order valence-electron chi connectivity index (χ2n) is 6.36. The van der Waals surface area contributed by atoms with Gasteiger partial charge in [-0.25, -0.2) is 0 Å². The van der Waals surface area contributed by atoms with Crippen LogP contribution in [0.15, 0.2) is 0 Å². The number of rotatable bonds is 7. The summed E-state index contributed by atoms with van der Waals surface area (Å²) < 4.78 is 0. The number of hydrogen-bond acceptors (Lipinski definition) is 2. The Hall–Kier alpha value is -0.570. The van der Waals surface area contributed by atoms with Gasteiger partial charge in [0.15, 0.2) is 0 Å². The van der Waals surface area contributed by atoms with Crippen LogP contribution in [0.1, 0.15) is 59.3 Å². The first-order valence-corrected chi connectivity index (χ1v) is 7.46. The van der Waals surface area contributed by atoms with Gasteiger partial charge >= 0.3 is 0 Å². The summed E-state index contributed by atoms with van der Waals surface area (Å²) in [6.45, 7) is 8.67. The van der Waals surface area contributed by atoms with E-state index in [1.165, 1.54) is 25.7 Å². The minimum atomic E-state index is 0.0465. The van der Waals surface area contributed by atoms with Gasteiger partial charge in [0.25, 0.3) is 0 Å². The van der Waals surface area contributed by atoms with Gasteiger partial charge in [0.2, 0.25) is 5.91 Å². The van der Waals surface area contributed by atoms with E-state index in [2.05, 4.69) is 31.0 Å². The molecule has 0 aromatic rings. The molecule has 1 amide bonds. The van der Waals surface area contributed by atoms with Gasteiger partial charge in [-0.05, 0) is 31.7 Å². The molecule has 0 aromatic carbocycles. The Morgan fingerprint density at radius 1 is 1.39 bits per heavy atom. The van der Waals surface area contributed by atoms with Crippen molar-refractivity contribution in [2.24, 2.45) is 5.41 Å². The molecule has 0 aliphatic carbocycles. The number of carbonyl (C=O) groups is 1. The first-order chi connectivity index (χ1) is 8.50. The van der Waals surface area contributed by atoms with Crippen LogP contribution in [-0.2, 0) is 4.79 Å². The zero-order chi connectivity index (χ0) is 13.6. The van der Waals surface area contributed by atoms with Crippen LogP contribution in [0.3, 0.4) is 0 Å². The fraction of sp³-hybridized carbons (Fsp3) is 0.933. The fourth-order valence-electron chi connectivity index (χ4n) is 2.81. The third-order valence-corrected chi connectivity index (χ3v) is 3.96. The van der Waals surface area contributed by atoms with Crippen LogP contribution in [0.5, 0.6) is 0 Å². The average molecular weight is 254 g/mol. The molecule has 1 heterocycles. The largest absolute Gasteiger partial charge is 0.341 e. The molecule has 1 fully saturated rings. The normalized spacial score (nSPS) is 21.4. The van der Waals surface area contributed by atoms with Crippen LogP contribution in [0, 0.1) is 5.41 Å². The molecular formula is C15H30N2O. The van der Waals surface area contributed by atoms with Crippen LogP contribution in [0.2, 0.25) is 0 Å². The Morgan fingerprint density at radius 2 is 2.11 bits per heavy atom. The van der Waals surface area contributed by atoms with Crippen molar-refractivity contribution in [3.63, 3.8) is 0 Å². The van der Waals surface area contributed by atoms with E-state index in [0.717, 1.165) is 25.9 Å². The summed E-state index contributed by atoms with van der Waals surface area (Å²) in [5.41, 5.74) is 0.250. The summed E-state index contributed by atoms with van der Waals surface area (Å²) in [5, 5.41) is 3.13. The van der Waals surface area contributed by atoms with Crippen LogP contribution in [-0.4, -0.2) is 37.0 Å². The number of nitrogens with zero attached hydrogens (tertiary/aromatic N) is 1. The van der Waals surface area contributed by atoms with E-state index in [4.69, 9.17) is 0 Å². The molecule has 3 heteroatoms. The molecule has 18 heavy (non-hydrogen) atoms. The van der Waals surface area contributed by atoms with Gasteiger partial charge < -0.3 is 10.2 Å². The number of likely N-dealkylation sites (tertiary alicyclic amines) is 1. The number of likely N-dealkylation sites (N-methyl/N-ethyl adjacent to an activating group) is 1. The molecule has 1 rings (SSSR count). The van der Waals surface area contributed by atoms with Crippen LogP contribution < -0.4 is 5.32 Å². The summed E-state index contributed by atoms with van der Waals surface area (Å²) in [6.07, 6.45) is 7.18. The smallest absolute Gasteiger partial charge is 0.239 e. The quantitative estimate of drug-likeness (QED) is 0.709. The SMILES string of the molecule is CCCCCC(C)(C)CN1CCCC(NC)C1=O. The minimum Gasteiger partial charge on any atom is -0.341 e. The lowest BCUT2D eigenvalue weighted by atomic mass is 9.85. The number of piperidine rings is 1. The predicted octanol–water partition coefficient (Wildman–Crippen LogP) is 2.80. The van der Waals surface area contributed by atoms with Crippen LogP contribution in [0.4, 0.5) is 0 Å². The molecule has 1 unspecified atom stereocenters. The maximum absolute atomic E-state index is 12.2. The number of nitrogens with one attached hydrogen (secondary N) is 1. The fourth-order valence-corrected chi connectivity index (χ4v) is 2.81. The second kappa shape index (κ2) is 7.13. The van der Waals surface area contributed by atoms with E-state index in [1.807, 2.05) is 7.05 Å². The summed E-state index contributed by atoms with van der Waals surface area (Å²) in [7, 11) is 1.89. The van der Waals surface area contributed by atoms with E-state index in [9.17, 15) is 4.79 Å². The molecule has 0 radical (unpaired) electrons. The lowest BCUT2D eigenvalue weighted by Crippen LogP contribution is -2.52. The monoisotopic (exact) mass is 254 g/mol. The van der Waals surface area contributed by atoms with Crippen molar-refractivity contribution in [2.75, 3.05) is 20.1 Å². The third-order valence-electron chi connectivity index (χ3n) is 3.96. The third kappa shape index (κ3) is 4.60. The lowest BCUT2D eigenvalue weighted by molar-refractivity contribution is -0.137. The second-order valence-corrected chi connectivity index (χ2v) is 6.36. The maximum atomic E-state index is 12.2. The van der Waals surface area contributed by atoms with Crippen molar-refractivity contribution in [2.45, 2.75) is 65.3 Å². The molecule has 1 N–H and O–H groups in total. The molecule has 0 spiro atoms. The van der Waals surface area contributed by atoms with Gasteiger partial charge in [-0.3, -0.25) is 4.79 Å². The molecule has 1 aliphatic heterocycles. The Labute approximate surface area is 112 Å². The summed E-state index contributed by atoms with van der Waals surface area (Å²) in [6, 6.07) is 0.0465. The first kappa shape index (κ1) is 15.5. The highest BCUT2D eigenvalue weighted by Crippen LogP contribution is 2.26. The Morgan fingerprint density at radius 3 is 2.72 bits per heavy atom. The first-order valence-electron chi connectivity index (χ1n) is 7.46. The molecule has 3 nitrogen and oxygen atoms in total. The molecule has 0 bridgehead atoms. The Bertz CT molecular complexity index is 263. The summed E-state index contributed by atoms with van der Waals surface area (Å²) >= 11 is 0. The number of unbranched alkanes of at least 4 members (excludes halogenated alkanes) is 2. The highest BCUT2D eigenvalue weighted by molar-refractivity contribution is 5.82. The molecule has 0 aromatic heterocycles. The van der Waals surface area contributed by atoms with Gasteiger partial charge in [-0.2, -0.15) is 0 Å². The van der Waals surface area contributed by atoms with Gasteiger partial charge in [-0.15, -0.1) is 0 Å². The number of hydrogen-bond donors (Lipinski definition) is 1. The maximum Gasteiger partial charge on any atom is 0.239 e. The molecule has 1 atom stereocenters. The molecule has 106 valence electrons. The molecular weight excluding hydrogens is 224 g/mol. The zero-order valence-corrected chi connectivity index (χ0v) is 12.6. The summed E-state index contributed by atoms with van der Waals surface area (Å²) in [5.74, 6) is 0.298. The van der Waals surface area contributed by atoms with Gasteiger partial charge in [0.1, 0.15) is 0 Å². The van der Waals surface area contributed by atoms with Gasteiger partial charge in [0.05, 0.1) is 6.04 Å². The highest BCUT2D eigenvalue weighted by atomic mass is 16.2. The zero-order valence-electron chi connectivity index (χ0n) is 12.6. The van der Waals surface area contributed by atoms with E-state index < -0.39 is 0 Å². The minimum absolute atomic E-state index is 0.0465. The topological polar surface area (TPSA) is 32.3 Å². The van der Waals surface area contributed by atoms with E-state index in [0.29, 0.717) is 5.91 Å². The number of amides is 1. The van der Waals surface area contributed by atoms with Crippen molar-refractivity contribution in [1.29, 1.82) is 0 Å². The number of carbonyl (C=O) groups excluding carboxylic acids is 1. The van der Waals surface area contributed by atoms with Crippen molar-refractivity contribution in [3.05, 3.63) is 0 Å². The van der Waals surface area contributed by atoms with Gasteiger partial charge in [0, 0.05) is 13.1 Å². The van der Waals surface area contributed by atoms with Crippen molar-refractivity contribution in [3.8, 4) is 0 Å². The van der Waals surface area contributed by atoms with E-state index in [-0.39, 0.29) is 11.5 Å². The predicted molar refractivity (Wildman–Crippen MR) is 76.6 cm³/mol. The van der Waals surface area contributed by atoms with E-state index in [1.54, 1.807) is 0 Å². The lowest BCUT2D eigenvalue weighted by Gasteiger charge is -2.37. The van der Waals surface area contributed by atoms with E-state index >= 15 is 0 Å². The van der Waals surface area contributed by atoms with Crippen molar-refractivity contribution < 1.29 is 4.79 Å². The molecule has 1 saturated heterocycles. The molecule has 0 saturated carbocycles. The Balaban J connectivity index is 2.46. The highest BCUT2D eigenvalue weighted by Gasteiger charge is 2.31. The van der Waals surface area contributed by atoms with Crippen molar-refractivity contribution >= 4 is 5.91 Å². The van der Waals surface area contributed by atoms with Crippen molar-refractivity contribution in [1.82, 2.24) is 10.2 Å². The summed E-state index contributed by atoms with van der Waals surface area (Å²) in [4.78, 5) is 14.3. The van der Waals surface area contributed by atoms with Crippen LogP contribution in [0.25, 0.3) is 0 Å². The Kier molecular flexibility index (Phi) is 6.13. The van der Waals surface area contributed by atoms with Crippen LogP contribution >= 0.6 is 0 Å². The standard InChI is InChI=1S/C15H30N2O/c1-5-6-7-10-15(2,3)12-17-11-8-9-13(16-4)14(17)18/h13,16H,5-12H2,1-4H3. The molecule has 1 aliphatic rings. The van der Waals surface area contributed by atoms with Gasteiger partial charge in [-0.1, -0.05) is 40.0 Å².